The molecule has 1 aliphatic carbocycles. The van der Waals surface area contributed by atoms with E-state index in [-0.39, 0.29) is 48.7 Å². The minimum Gasteiger partial charge on any atom is -0.490 e. The van der Waals surface area contributed by atoms with E-state index in [1.165, 1.54) is 24.3 Å². The van der Waals surface area contributed by atoms with Gasteiger partial charge in [0.25, 0.3) is 0 Å². The Labute approximate surface area is 479 Å². The SMILES string of the molecule is C#Cc1ccc(C(=O)OC(COC(=O)c2ccc(NC(=O)C=C)cc2)COc2ccc(C3(c4ccc(OCC(COC(=O)c5ccc(NC(=O)C=C)cc5)OC(=O)c5ccc(C#C)cc5)cc4)c4ccccc4-c4ccccc43)cc2)cc1. The lowest BCUT2D eigenvalue weighted by atomic mass is 9.68. The van der Waals surface area contributed by atoms with Gasteiger partial charge in [0.15, 0.2) is 12.2 Å². The van der Waals surface area contributed by atoms with Crippen LogP contribution < -0.4 is 20.1 Å². The van der Waals surface area contributed by atoms with Crippen LogP contribution in [0.5, 0.6) is 11.5 Å². The van der Waals surface area contributed by atoms with E-state index >= 15 is 0 Å². The van der Waals surface area contributed by atoms with Crippen LogP contribution >= 0.6 is 0 Å². The predicted molar refractivity (Wildman–Crippen MR) is 313 cm³/mol. The standard InChI is InChI=1S/C69H52N2O12/c1-5-45-17-21-49(22-18-45)67(76)82-57(43-80-65(74)47-25-33-53(34-26-47)70-63(72)7-3)41-78-55-37-29-51(30-38-55)69(61-15-11-9-13-59(61)60-14-10-12-16-62(60)69)52-31-39-56(40-32-52)79-42-58(83-68(77)50-23-19-46(6-2)20-24-50)44-81-66(75)48-27-35-54(36-28-48)71-64(73)8-4/h1-2,7-40,57-58H,3-4,41-44H2,(H,70,72)(H,71,73). The Morgan fingerprint density at radius 1 is 0.434 bits per heavy atom. The summed E-state index contributed by atoms with van der Waals surface area (Å²) in [5, 5.41) is 5.25. The van der Waals surface area contributed by atoms with Gasteiger partial charge in [-0.15, -0.1) is 12.8 Å². The van der Waals surface area contributed by atoms with Crippen molar-refractivity contribution in [2.24, 2.45) is 0 Å². The molecule has 8 aromatic carbocycles. The van der Waals surface area contributed by atoms with Crippen LogP contribution in [0.25, 0.3) is 11.1 Å². The maximum Gasteiger partial charge on any atom is 0.338 e. The number of amides is 2. The predicted octanol–water partition coefficient (Wildman–Crippen LogP) is 11.2. The van der Waals surface area contributed by atoms with Crippen LogP contribution in [0.2, 0.25) is 0 Å². The number of carbonyl (C=O) groups is 6. The molecule has 0 saturated carbocycles. The summed E-state index contributed by atoms with van der Waals surface area (Å²) in [5.41, 5.74) is 8.05. The lowest BCUT2D eigenvalue weighted by Crippen LogP contribution is -2.31. The van der Waals surface area contributed by atoms with E-state index in [1.54, 1.807) is 72.8 Å². The summed E-state index contributed by atoms with van der Waals surface area (Å²) >= 11 is 0. The van der Waals surface area contributed by atoms with Gasteiger partial charge in [-0.2, -0.15) is 0 Å². The third kappa shape index (κ3) is 13.3. The number of terminal acetylenes is 2. The molecular weight excluding hydrogens is 1050 g/mol. The van der Waals surface area contributed by atoms with E-state index in [9.17, 15) is 28.8 Å². The molecule has 410 valence electrons. The number of carbonyl (C=O) groups excluding carboxylic acids is 6. The number of ether oxygens (including phenoxy) is 6. The van der Waals surface area contributed by atoms with E-state index < -0.39 is 53.3 Å². The Kier molecular flexibility index (Phi) is 17.8. The van der Waals surface area contributed by atoms with Gasteiger partial charge >= 0.3 is 23.9 Å². The molecule has 2 unspecified atom stereocenters. The minimum absolute atomic E-state index is 0.194. The summed E-state index contributed by atoms with van der Waals surface area (Å²) in [5.74, 6) is 2.35. The molecular formula is C69H52N2O12. The van der Waals surface area contributed by atoms with Gasteiger partial charge in [0, 0.05) is 22.5 Å². The van der Waals surface area contributed by atoms with Crippen LogP contribution in [0.1, 0.15) is 74.8 Å². The van der Waals surface area contributed by atoms with E-state index in [4.69, 9.17) is 41.3 Å². The first kappa shape index (κ1) is 56.5. The molecule has 0 aliphatic heterocycles. The van der Waals surface area contributed by atoms with Gasteiger partial charge in [0.05, 0.1) is 27.7 Å². The molecule has 83 heavy (non-hydrogen) atoms. The second-order valence-electron chi connectivity index (χ2n) is 18.7. The average molecular weight is 1100 g/mol. The van der Waals surface area contributed by atoms with Crippen LogP contribution in [0, 0.1) is 24.7 Å². The van der Waals surface area contributed by atoms with Crippen molar-refractivity contribution < 1.29 is 57.2 Å². The van der Waals surface area contributed by atoms with E-state index in [1.807, 2.05) is 72.8 Å². The quantitative estimate of drug-likeness (QED) is 0.0284. The first-order chi connectivity index (χ1) is 40.4. The van der Waals surface area contributed by atoms with Crippen LogP contribution in [0.3, 0.4) is 0 Å². The molecule has 0 fully saturated rings. The molecule has 14 nitrogen and oxygen atoms in total. The Balaban J connectivity index is 0.944. The topological polar surface area (TPSA) is 182 Å². The highest BCUT2D eigenvalue weighted by Crippen LogP contribution is 2.56. The van der Waals surface area contributed by atoms with Crippen LogP contribution in [0.4, 0.5) is 11.4 Å². The summed E-state index contributed by atoms with van der Waals surface area (Å²) in [6.45, 7) is 5.80. The molecule has 2 atom stereocenters. The zero-order chi connectivity index (χ0) is 58.3. The third-order valence-electron chi connectivity index (χ3n) is 13.5. The molecule has 9 rings (SSSR count). The Morgan fingerprint density at radius 3 is 1.12 bits per heavy atom. The molecule has 0 heterocycles. The van der Waals surface area contributed by atoms with Gasteiger partial charge in [0.1, 0.15) is 37.9 Å². The summed E-state index contributed by atoms with van der Waals surface area (Å²) in [6, 6.07) is 56.4. The summed E-state index contributed by atoms with van der Waals surface area (Å²) in [7, 11) is 0. The number of hydrogen-bond donors (Lipinski definition) is 2. The van der Waals surface area contributed by atoms with Crippen molar-refractivity contribution in [2.75, 3.05) is 37.1 Å². The molecule has 0 aromatic heterocycles. The summed E-state index contributed by atoms with van der Waals surface area (Å²) in [6.07, 6.45) is 11.2. The fourth-order valence-electron chi connectivity index (χ4n) is 9.35. The number of rotatable bonds is 22. The fourth-order valence-corrected chi connectivity index (χ4v) is 9.35. The highest BCUT2D eigenvalue weighted by Gasteiger charge is 2.46. The zero-order valence-corrected chi connectivity index (χ0v) is 44.6. The second kappa shape index (κ2) is 26.2. The molecule has 14 heteroatoms. The lowest BCUT2D eigenvalue weighted by molar-refractivity contribution is -0.112. The van der Waals surface area contributed by atoms with Crippen molar-refractivity contribution in [2.45, 2.75) is 17.6 Å². The number of esters is 4. The average Bonchev–Trinajstić information content (AvgIpc) is 2.43. The Morgan fingerprint density at radius 2 is 0.771 bits per heavy atom. The lowest BCUT2D eigenvalue weighted by Gasteiger charge is -2.34. The maximum atomic E-state index is 13.4. The summed E-state index contributed by atoms with van der Waals surface area (Å²) < 4.78 is 35.6. The van der Waals surface area contributed by atoms with Crippen molar-refractivity contribution >= 4 is 47.1 Å². The number of hydrogen-bond acceptors (Lipinski definition) is 12. The third-order valence-corrected chi connectivity index (χ3v) is 13.5. The fraction of sp³-hybridized carbons (Fsp3) is 0.101. The number of nitrogens with one attached hydrogen (secondary N) is 2. The smallest absolute Gasteiger partial charge is 0.338 e. The minimum atomic E-state index is -1.06. The molecule has 2 amide bonds. The van der Waals surface area contributed by atoms with Gasteiger partial charge < -0.3 is 39.1 Å². The first-order valence-electron chi connectivity index (χ1n) is 26.0. The van der Waals surface area contributed by atoms with Crippen LogP contribution in [0.15, 0.2) is 219 Å². The second-order valence-corrected chi connectivity index (χ2v) is 18.7. The Hall–Kier alpha value is -11.2. The van der Waals surface area contributed by atoms with Crippen molar-refractivity contribution in [3.8, 4) is 47.3 Å². The molecule has 2 N–H and O–H groups in total. The molecule has 0 bridgehead atoms. The molecule has 8 aromatic rings. The first-order valence-corrected chi connectivity index (χ1v) is 26.0. The summed E-state index contributed by atoms with van der Waals surface area (Å²) in [4.78, 5) is 76.9. The van der Waals surface area contributed by atoms with Gasteiger partial charge in [-0.05, 0) is 167 Å². The van der Waals surface area contributed by atoms with E-state index in [2.05, 4.69) is 59.9 Å². The largest absolute Gasteiger partial charge is 0.490 e. The number of anilines is 2. The van der Waals surface area contributed by atoms with E-state index in [0.717, 1.165) is 45.5 Å². The molecule has 0 spiro atoms. The van der Waals surface area contributed by atoms with Gasteiger partial charge in [-0.3, -0.25) is 9.59 Å². The van der Waals surface area contributed by atoms with Crippen molar-refractivity contribution in [1.82, 2.24) is 0 Å². The highest BCUT2D eigenvalue weighted by atomic mass is 16.6. The van der Waals surface area contributed by atoms with Gasteiger partial charge in [-0.1, -0.05) is 97.8 Å². The zero-order valence-electron chi connectivity index (χ0n) is 44.6. The van der Waals surface area contributed by atoms with E-state index in [0.29, 0.717) is 34.0 Å². The van der Waals surface area contributed by atoms with Gasteiger partial charge in [-0.25, -0.2) is 19.2 Å². The number of benzene rings is 8. The van der Waals surface area contributed by atoms with Gasteiger partial charge in [0.2, 0.25) is 11.8 Å². The Bertz CT molecular complexity index is 3550. The maximum absolute atomic E-state index is 13.4. The van der Waals surface area contributed by atoms with Crippen molar-refractivity contribution in [3.05, 3.63) is 275 Å². The number of fused-ring (bicyclic) bond motifs is 3. The van der Waals surface area contributed by atoms with Crippen LogP contribution in [-0.4, -0.2) is 74.3 Å². The highest BCUT2D eigenvalue weighted by molar-refractivity contribution is 6.00. The van der Waals surface area contributed by atoms with Crippen molar-refractivity contribution in [1.29, 1.82) is 0 Å². The normalized spacial score (nSPS) is 12.2. The molecule has 1 aliphatic rings. The van der Waals surface area contributed by atoms with Crippen LogP contribution in [-0.2, 0) is 34.0 Å². The molecule has 0 saturated heterocycles. The monoisotopic (exact) mass is 1100 g/mol. The van der Waals surface area contributed by atoms with Crippen molar-refractivity contribution in [3.63, 3.8) is 0 Å². The molecule has 0 radical (unpaired) electrons.